The second-order valence-corrected chi connectivity index (χ2v) is 5.52. The molecule has 1 unspecified atom stereocenters. The molecular formula is C13H22N4O. The molecule has 1 aromatic rings. The number of piperidine rings is 1. The molecule has 1 aromatic heterocycles. The van der Waals surface area contributed by atoms with E-state index in [-0.39, 0.29) is 0 Å². The largest absolute Gasteiger partial charge is 0.424 e. The topological polar surface area (TPSA) is 54.2 Å². The SMILES string of the molecule is Cc1nnc(CN(CC2CCCCN2)C2CC2)o1. The summed E-state index contributed by atoms with van der Waals surface area (Å²) in [6, 6.07) is 1.38. The van der Waals surface area contributed by atoms with Crippen LogP contribution in [-0.2, 0) is 6.54 Å². The van der Waals surface area contributed by atoms with Crippen LogP contribution in [0.2, 0.25) is 0 Å². The Kier molecular flexibility index (Phi) is 3.61. The van der Waals surface area contributed by atoms with Gasteiger partial charge in [-0.3, -0.25) is 4.90 Å². The van der Waals surface area contributed by atoms with E-state index in [4.69, 9.17) is 4.42 Å². The molecule has 1 N–H and O–H groups in total. The van der Waals surface area contributed by atoms with E-state index < -0.39 is 0 Å². The lowest BCUT2D eigenvalue weighted by Crippen LogP contribution is -2.44. The molecular weight excluding hydrogens is 228 g/mol. The van der Waals surface area contributed by atoms with E-state index in [0.29, 0.717) is 11.9 Å². The average Bonchev–Trinajstić information content (AvgIpc) is 3.15. The molecule has 2 aliphatic rings. The van der Waals surface area contributed by atoms with Gasteiger partial charge in [-0.2, -0.15) is 0 Å². The standard InChI is InChI=1S/C13H22N4O/c1-10-15-16-13(18-10)9-17(12-5-6-12)8-11-4-2-3-7-14-11/h11-12,14H,2-9H2,1H3. The van der Waals surface area contributed by atoms with Gasteiger partial charge in [0.2, 0.25) is 11.8 Å². The second kappa shape index (κ2) is 5.36. The van der Waals surface area contributed by atoms with Crippen LogP contribution in [0.25, 0.3) is 0 Å². The van der Waals surface area contributed by atoms with E-state index >= 15 is 0 Å². The molecule has 1 saturated heterocycles. The zero-order chi connectivity index (χ0) is 12.4. The number of hydrogen-bond donors (Lipinski definition) is 1. The first-order valence-corrected chi connectivity index (χ1v) is 7.07. The first kappa shape index (κ1) is 12.1. The maximum absolute atomic E-state index is 5.50. The molecule has 100 valence electrons. The molecule has 0 amide bonds. The summed E-state index contributed by atoms with van der Waals surface area (Å²) >= 11 is 0. The molecule has 0 spiro atoms. The number of nitrogens with one attached hydrogen (secondary N) is 1. The highest BCUT2D eigenvalue weighted by Gasteiger charge is 2.31. The molecule has 1 saturated carbocycles. The number of nitrogens with zero attached hydrogens (tertiary/aromatic N) is 3. The predicted octanol–water partition coefficient (Wildman–Crippen LogP) is 1.48. The summed E-state index contributed by atoms with van der Waals surface area (Å²) in [6.07, 6.45) is 6.62. The van der Waals surface area contributed by atoms with Gasteiger partial charge < -0.3 is 9.73 Å². The van der Waals surface area contributed by atoms with E-state index in [0.717, 1.165) is 25.0 Å². The molecule has 0 bridgehead atoms. The van der Waals surface area contributed by atoms with Crippen molar-refractivity contribution in [1.29, 1.82) is 0 Å². The summed E-state index contributed by atoms with van der Waals surface area (Å²) in [6.45, 7) is 4.94. The summed E-state index contributed by atoms with van der Waals surface area (Å²) in [7, 11) is 0. The molecule has 1 aliphatic carbocycles. The number of aromatic nitrogens is 2. The first-order valence-electron chi connectivity index (χ1n) is 7.07. The summed E-state index contributed by atoms with van der Waals surface area (Å²) in [5.41, 5.74) is 0. The molecule has 5 nitrogen and oxygen atoms in total. The van der Waals surface area contributed by atoms with E-state index in [1.165, 1.54) is 38.6 Å². The lowest BCUT2D eigenvalue weighted by molar-refractivity contribution is 0.190. The van der Waals surface area contributed by atoms with Gasteiger partial charge in [-0.15, -0.1) is 10.2 Å². The van der Waals surface area contributed by atoms with Crippen molar-refractivity contribution >= 4 is 0 Å². The molecule has 2 fully saturated rings. The lowest BCUT2D eigenvalue weighted by Gasteiger charge is -2.29. The summed E-state index contributed by atoms with van der Waals surface area (Å²) in [4.78, 5) is 2.51. The van der Waals surface area contributed by atoms with E-state index in [1.54, 1.807) is 0 Å². The van der Waals surface area contributed by atoms with Crippen LogP contribution in [0.5, 0.6) is 0 Å². The van der Waals surface area contributed by atoms with Gasteiger partial charge in [-0.25, -0.2) is 0 Å². The zero-order valence-electron chi connectivity index (χ0n) is 11.1. The Hall–Kier alpha value is -0.940. The third kappa shape index (κ3) is 3.09. The number of rotatable bonds is 5. The normalized spacial score (nSPS) is 24.7. The van der Waals surface area contributed by atoms with Gasteiger partial charge >= 0.3 is 0 Å². The van der Waals surface area contributed by atoms with Gasteiger partial charge in [0.1, 0.15) is 0 Å². The van der Waals surface area contributed by atoms with Crippen LogP contribution >= 0.6 is 0 Å². The lowest BCUT2D eigenvalue weighted by atomic mass is 10.0. The van der Waals surface area contributed by atoms with E-state index in [1.807, 2.05) is 6.92 Å². The predicted molar refractivity (Wildman–Crippen MR) is 68.1 cm³/mol. The van der Waals surface area contributed by atoms with Gasteiger partial charge in [0.05, 0.1) is 6.54 Å². The highest BCUT2D eigenvalue weighted by atomic mass is 16.4. The Bertz CT molecular complexity index is 382. The average molecular weight is 250 g/mol. The second-order valence-electron chi connectivity index (χ2n) is 5.52. The van der Waals surface area contributed by atoms with Crippen molar-refractivity contribution in [3.05, 3.63) is 11.8 Å². The zero-order valence-corrected chi connectivity index (χ0v) is 11.1. The highest BCUT2D eigenvalue weighted by molar-refractivity contribution is 4.90. The minimum Gasteiger partial charge on any atom is -0.424 e. The van der Waals surface area contributed by atoms with Crippen LogP contribution < -0.4 is 5.32 Å². The summed E-state index contributed by atoms with van der Waals surface area (Å²) in [5.74, 6) is 1.42. The molecule has 1 aliphatic heterocycles. The third-order valence-electron chi connectivity index (χ3n) is 3.84. The Morgan fingerprint density at radius 3 is 2.78 bits per heavy atom. The van der Waals surface area contributed by atoms with Gasteiger partial charge in [0, 0.05) is 25.6 Å². The quantitative estimate of drug-likeness (QED) is 0.858. The Morgan fingerprint density at radius 2 is 2.17 bits per heavy atom. The number of hydrogen-bond acceptors (Lipinski definition) is 5. The van der Waals surface area contributed by atoms with E-state index in [2.05, 4.69) is 20.4 Å². The van der Waals surface area contributed by atoms with Gasteiger partial charge in [0.15, 0.2) is 0 Å². The van der Waals surface area contributed by atoms with Gasteiger partial charge in [0.25, 0.3) is 0 Å². The monoisotopic (exact) mass is 250 g/mol. The van der Waals surface area contributed by atoms with Gasteiger partial charge in [-0.1, -0.05) is 6.42 Å². The van der Waals surface area contributed by atoms with Crippen LogP contribution in [-0.4, -0.2) is 40.3 Å². The first-order chi connectivity index (χ1) is 8.81. The maximum atomic E-state index is 5.50. The van der Waals surface area contributed by atoms with E-state index in [9.17, 15) is 0 Å². The molecule has 0 radical (unpaired) electrons. The van der Waals surface area contributed by atoms with Crippen molar-refractivity contribution in [3.63, 3.8) is 0 Å². The van der Waals surface area contributed by atoms with Crippen molar-refractivity contribution in [2.24, 2.45) is 0 Å². The van der Waals surface area contributed by atoms with Crippen molar-refractivity contribution in [1.82, 2.24) is 20.4 Å². The molecule has 5 heteroatoms. The smallest absolute Gasteiger partial charge is 0.230 e. The molecule has 18 heavy (non-hydrogen) atoms. The molecule has 1 atom stereocenters. The van der Waals surface area contributed by atoms with Crippen LogP contribution in [0, 0.1) is 6.92 Å². The van der Waals surface area contributed by atoms with Crippen LogP contribution in [0.3, 0.4) is 0 Å². The summed E-state index contributed by atoms with van der Waals surface area (Å²) < 4.78 is 5.50. The van der Waals surface area contributed by atoms with Crippen LogP contribution in [0.4, 0.5) is 0 Å². The Morgan fingerprint density at radius 1 is 1.28 bits per heavy atom. The summed E-state index contributed by atoms with van der Waals surface area (Å²) in [5, 5.41) is 11.6. The third-order valence-corrected chi connectivity index (χ3v) is 3.84. The number of aryl methyl sites for hydroxylation is 1. The fourth-order valence-corrected chi connectivity index (χ4v) is 2.72. The minimum absolute atomic E-state index is 0.642. The Balaban J connectivity index is 1.57. The van der Waals surface area contributed by atoms with Crippen molar-refractivity contribution in [3.8, 4) is 0 Å². The highest BCUT2D eigenvalue weighted by Crippen LogP contribution is 2.28. The maximum Gasteiger partial charge on any atom is 0.230 e. The molecule has 0 aromatic carbocycles. The van der Waals surface area contributed by atoms with Gasteiger partial charge in [-0.05, 0) is 32.2 Å². The Labute approximate surface area is 108 Å². The fraction of sp³-hybridized carbons (Fsp3) is 0.846. The molecule has 2 heterocycles. The fourth-order valence-electron chi connectivity index (χ4n) is 2.72. The van der Waals surface area contributed by atoms with Crippen LogP contribution in [0.15, 0.2) is 4.42 Å². The van der Waals surface area contributed by atoms with Crippen molar-refractivity contribution in [2.75, 3.05) is 13.1 Å². The van der Waals surface area contributed by atoms with Crippen molar-refractivity contribution < 1.29 is 4.42 Å². The molecule has 3 rings (SSSR count). The minimum atomic E-state index is 0.642. The van der Waals surface area contributed by atoms with Crippen LogP contribution in [0.1, 0.15) is 43.9 Å². The van der Waals surface area contributed by atoms with Crippen molar-refractivity contribution in [2.45, 2.75) is 57.7 Å².